The Balaban J connectivity index is 2.39. The minimum atomic E-state index is -0.345. The lowest BCUT2D eigenvalue weighted by Crippen LogP contribution is -2.35. The second-order valence-electron chi connectivity index (χ2n) is 4.39. The third-order valence-corrected chi connectivity index (χ3v) is 3.57. The van der Waals surface area contributed by atoms with E-state index in [-0.39, 0.29) is 5.60 Å². The summed E-state index contributed by atoms with van der Waals surface area (Å²) >= 11 is 0. The molecule has 1 fully saturated rings. The van der Waals surface area contributed by atoms with Crippen molar-refractivity contribution in [2.24, 2.45) is 0 Å². The summed E-state index contributed by atoms with van der Waals surface area (Å²) in [5, 5.41) is 0. The molecular formula is C14H18O4. The minimum Gasteiger partial charge on any atom is -0.496 e. The fraction of sp³-hybridized carbons (Fsp3) is 0.500. The average molecular weight is 250 g/mol. The lowest BCUT2D eigenvalue weighted by molar-refractivity contribution is -0.0948. The standard InChI is InChI=1S/C14H18O4/c1-16-13-4-3-12(9-11(13)10-15)14(17-2)5-7-18-8-6-14/h3-4,9-10H,5-8H2,1-2H3. The van der Waals surface area contributed by atoms with Gasteiger partial charge in [0.05, 0.1) is 18.3 Å². The van der Waals surface area contributed by atoms with Crippen LogP contribution in [0.3, 0.4) is 0 Å². The van der Waals surface area contributed by atoms with Gasteiger partial charge >= 0.3 is 0 Å². The van der Waals surface area contributed by atoms with Crippen LogP contribution in [0, 0.1) is 0 Å². The van der Waals surface area contributed by atoms with E-state index in [1.807, 2.05) is 18.2 Å². The van der Waals surface area contributed by atoms with Crippen molar-refractivity contribution in [3.63, 3.8) is 0 Å². The molecule has 98 valence electrons. The Morgan fingerprint density at radius 1 is 1.28 bits per heavy atom. The first-order chi connectivity index (χ1) is 8.75. The number of rotatable bonds is 4. The van der Waals surface area contributed by atoms with E-state index in [2.05, 4.69) is 0 Å². The molecule has 0 amide bonds. The van der Waals surface area contributed by atoms with Gasteiger partial charge in [-0.2, -0.15) is 0 Å². The molecule has 1 aromatic carbocycles. The monoisotopic (exact) mass is 250 g/mol. The molecule has 0 spiro atoms. The van der Waals surface area contributed by atoms with Crippen LogP contribution >= 0.6 is 0 Å². The summed E-state index contributed by atoms with van der Waals surface area (Å²) in [6.07, 6.45) is 2.41. The highest BCUT2D eigenvalue weighted by molar-refractivity contribution is 5.79. The molecule has 0 unspecified atom stereocenters. The van der Waals surface area contributed by atoms with Gasteiger partial charge in [-0.05, 0) is 17.7 Å². The zero-order chi connectivity index (χ0) is 13.0. The molecular weight excluding hydrogens is 232 g/mol. The van der Waals surface area contributed by atoms with E-state index in [1.165, 1.54) is 0 Å². The van der Waals surface area contributed by atoms with Gasteiger partial charge in [-0.3, -0.25) is 4.79 Å². The first-order valence-electron chi connectivity index (χ1n) is 6.02. The van der Waals surface area contributed by atoms with Crippen molar-refractivity contribution < 1.29 is 19.0 Å². The van der Waals surface area contributed by atoms with E-state index >= 15 is 0 Å². The third kappa shape index (κ3) is 2.26. The number of aldehydes is 1. The van der Waals surface area contributed by atoms with E-state index in [1.54, 1.807) is 14.2 Å². The average Bonchev–Trinajstić information content (AvgIpc) is 2.47. The molecule has 1 aliphatic rings. The Kier molecular flexibility index (Phi) is 3.99. The van der Waals surface area contributed by atoms with Crippen LogP contribution in [0.5, 0.6) is 5.75 Å². The number of carbonyl (C=O) groups excluding carboxylic acids is 1. The fourth-order valence-corrected chi connectivity index (χ4v) is 2.42. The summed E-state index contributed by atoms with van der Waals surface area (Å²) in [5.74, 6) is 0.590. The van der Waals surface area contributed by atoms with Crippen molar-refractivity contribution in [1.82, 2.24) is 0 Å². The number of methoxy groups -OCH3 is 2. The van der Waals surface area contributed by atoms with Gasteiger partial charge in [0.15, 0.2) is 6.29 Å². The third-order valence-electron chi connectivity index (χ3n) is 3.57. The second-order valence-corrected chi connectivity index (χ2v) is 4.39. The van der Waals surface area contributed by atoms with Crippen LogP contribution in [0.2, 0.25) is 0 Å². The summed E-state index contributed by atoms with van der Waals surface area (Å²) in [6.45, 7) is 1.35. The maximum atomic E-state index is 11.1. The largest absolute Gasteiger partial charge is 0.496 e. The van der Waals surface area contributed by atoms with Crippen LogP contribution in [0.1, 0.15) is 28.8 Å². The van der Waals surface area contributed by atoms with Crippen molar-refractivity contribution in [3.05, 3.63) is 29.3 Å². The predicted molar refractivity (Wildman–Crippen MR) is 67.1 cm³/mol. The number of carbonyl (C=O) groups is 1. The van der Waals surface area contributed by atoms with Crippen LogP contribution in [0.4, 0.5) is 0 Å². The van der Waals surface area contributed by atoms with Crippen molar-refractivity contribution >= 4 is 6.29 Å². The van der Waals surface area contributed by atoms with Gasteiger partial charge in [-0.15, -0.1) is 0 Å². The summed E-state index contributed by atoms with van der Waals surface area (Å²) in [5.41, 5.74) is 1.22. The number of benzene rings is 1. The van der Waals surface area contributed by atoms with Crippen LogP contribution in [0.25, 0.3) is 0 Å². The number of hydrogen-bond donors (Lipinski definition) is 0. The van der Waals surface area contributed by atoms with Crippen LogP contribution in [-0.4, -0.2) is 33.7 Å². The lowest BCUT2D eigenvalue weighted by Gasteiger charge is -2.36. The van der Waals surface area contributed by atoms with Gasteiger partial charge in [0.25, 0.3) is 0 Å². The molecule has 1 aliphatic heterocycles. The van der Waals surface area contributed by atoms with E-state index < -0.39 is 0 Å². The molecule has 0 aliphatic carbocycles. The maximum Gasteiger partial charge on any atom is 0.153 e. The molecule has 0 saturated carbocycles. The van der Waals surface area contributed by atoms with Crippen LogP contribution < -0.4 is 4.74 Å². The number of hydrogen-bond acceptors (Lipinski definition) is 4. The molecule has 0 N–H and O–H groups in total. The first-order valence-corrected chi connectivity index (χ1v) is 6.02. The Hall–Kier alpha value is -1.39. The second kappa shape index (κ2) is 5.50. The summed E-state index contributed by atoms with van der Waals surface area (Å²) < 4.78 is 16.2. The minimum absolute atomic E-state index is 0.345. The SMILES string of the molecule is COc1ccc(C2(OC)CCOCC2)cc1C=O. The summed E-state index contributed by atoms with van der Waals surface area (Å²) in [6, 6.07) is 5.62. The molecule has 0 aromatic heterocycles. The molecule has 0 bridgehead atoms. The first kappa shape index (κ1) is 13.1. The van der Waals surface area contributed by atoms with E-state index in [9.17, 15) is 4.79 Å². The topological polar surface area (TPSA) is 44.8 Å². The fourth-order valence-electron chi connectivity index (χ4n) is 2.42. The lowest BCUT2D eigenvalue weighted by atomic mass is 9.85. The van der Waals surface area contributed by atoms with Crippen LogP contribution in [-0.2, 0) is 15.1 Å². The van der Waals surface area contributed by atoms with E-state index in [0.29, 0.717) is 24.5 Å². The summed E-state index contributed by atoms with van der Waals surface area (Å²) in [4.78, 5) is 11.1. The highest BCUT2D eigenvalue weighted by atomic mass is 16.5. The van der Waals surface area contributed by atoms with Gasteiger partial charge in [0, 0.05) is 33.2 Å². The molecule has 1 saturated heterocycles. The molecule has 18 heavy (non-hydrogen) atoms. The zero-order valence-electron chi connectivity index (χ0n) is 10.8. The quantitative estimate of drug-likeness (QED) is 0.768. The number of ether oxygens (including phenoxy) is 3. The van der Waals surface area contributed by atoms with Crippen LogP contribution in [0.15, 0.2) is 18.2 Å². The molecule has 4 nitrogen and oxygen atoms in total. The normalized spacial score (nSPS) is 18.3. The van der Waals surface area contributed by atoms with Gasteiger partial charge in [0.2, 0.25) is 0 Å². The Morgan fingerprint density at radius 3 is 2.56 bits per heavy atom. The Morgan fingerprint density at radius 2 is 2.00 bits per heavy atom. The van der Waals surface area contributed by atoms with Gasteiger partial charge in [-0.25, -0.2) is 0 Å². The Labute approximate surface area is 107 Å². The molecule has 0 atom stereocenters. The molecule has 1 heterocycles. The molecule has 0 radical (unpaired) electrons. The molecule has 2 rings (SSSR count). The highest BCUT2D eigenvalue weighted by Gasteiger charge is 2.34. The van der Waals surface area contributed by atoms with Gasteiger partial charge in [0.1, 0.15) is 5.75 Å². The molecule has 4 heteroatoms. The predicted octanol–water partition coefficient (Wildman–Crippen LogP) is 2.16. The van der Waals surface area contributed by atoms with Crippen molar-refractivity contribution in [3.8, 4) is 5.75 Å². The molecule has 1 aromatic rings. The smallest absolute Gasteiger partial charge is 0.153 e. The van der Waals surface area contributed by atoms with Crippen molar-refractivity contribution in [1.29, 1.82) is 0 Å². The van der Waals surface area contributed by atoms with E-state index in [4.69, 9.17) is 14.2 Å². The van der Waals surface area contributed by atoms with Crippen molar-refractivity contribution in [2.75, 3.05) is 27.4 Å². The van der Waals surface area contributed by atoms with Gasteiger partial charge < -0.3 is 14.2 Å². The van der Waals surface area contributed by atoms with Crippen molar-refractivity contribution in [2.45, 2.75) is 18.4 Å². The maximum absolute atomic E-state index is 11.1. The Bertz CT molecular complexity index is 422. The summed E-state index contributed by atoms with van der Waals surface area (Å²) in [7, 11) is 3.26. The van der Waals surface area contributed by atoms with E-state index in [0.717, 1.165) is 24.7 Å². The highest BCUT2D eigenvalue weighted by Crippen LogP contribution is 2.37. The zero-order valence-corrected chi connectivity index (χ0v) is 10.8. The van der Waals surface area contributed by atoms with Gasteiger partial charge in [-0.1, -0.05) is 6.07 Å².